The molecule has 0 aliphatic carbocycles. The van der Waals surface area contributed by atoms with Crippen LogP contribution in [-0.4, -0.2) is 54.7 Å². The number of para-hydroxylation sites is 2. The van der Waals surface area contributed by atoms with Crippen molar-refractivity contribution in [3.63, 3.8) is 0 Å². The summed E-state index contributed by atoms with van der Waals surface area (Å²) < 4.78 is 3.56. The number of aromatic nitrogens is 4. The zero-order chi connectivity index (χ0) is 21.8. The highest BCUT2D eigenvalue weighted by Crippen LogP contribution is 2.27. The van der Waals surface area contributed by atoms with Gasteiger partial charge < -0.3 is 19.6 Å². The number of imidazole rings is 1. The van der Waals surface area contributed by atoms with Gasteiger partial charge in [0.05, 0.1) is 21.8 Å². The highest BCUT2D eigenvalue weighted by Gasteiger charge is 2.25. The third-order valence-corrected chi connectivity index (χ3v) is 5.95. The number of carbonyl (C=O) groups is 1. The molecule has 0 bridgehead atoms. The van der Waals surface area contributed by atoms with Crippen molar-refractivity contribution in [2.75, 3.05) is 25.0 Å². The summed E-state index contributed by atoms with van der Waals surface area (Å²) in [5.41, 5.74) is 2.24. The first-order chi connectivity index (χ1) is 14.3. The largest absolute Gasteiger partial charge is 0.404 e. The first-order valence-electron chi connectivity index (χ1n) is 9.70. The van der Waals surface area contributed by atoms with Crippen LogP contribution in [0.4, 0.5) is 11.8 Å². The van der Waals surface area contributed by atoms with Crippen LogP contribution in [0.5, 0.6) is 0 Å². The van der Waals surface area contributed by atoms with Gasteiger partial charge in [0.2, 0.25) is 11.9 Å². The molecule has 11 heteroatoms. The first-order valence-corrected chi connectivity index (χ1v) is 10.5. The minimum atomic E-state index is -0.585. The number of halogens is 1. The Kier molecular flexibility index (Phi) is 6.83. The normalized spacial score (nSPS) is 11.4. The van der Waals surface area contributed by atoms with Gasteiger partial charge in [-0.3, -0.25) is 10.1 Å². The Hall–Kier alpha value is -2.79. The van der Waals surface area contributed by atoms with Gasteiger partial charge in [-0.05, 0) is 53.0 Å². The van der Waals surface area contributed by atoms with Gasteiger partial charge in [-0.2, -0.15) is 4.68 Å². The zero-order valence-electron chi connectivity index (χ0n) is 17.1. The number of amides is 1. The van der Waals surface area contributed by atoms with E-state index in [0.29, 0.717) is 18.2 Å². The van der Waals surface area contributed by atoms with Gasteiger partial charge in [0.1, 0.15) is 11.0 Å². The minimum absolute atomic E-state index is 0.155. The quantitative estimate of drug-likeness (QED) is 0.374. The van der Waals surface area contributed by atoms with E-state index in [2.05, 4.69) is 50.1 Å². The van der Waals surface area contributed by atoms with E-state index in [9.17, 15) is 14.9 Å². The molecule has 0 spiro atoms. The lowest BCUT2D eigenvalue weighted by Gasteiger charge is -2.19. The van der Waals surface area contributed by atoms with Gasteiger partial charge in [-0.25, -0.2) is 4.98 Å². The third-order valence-electron chi connectivity index (χ3n) is 5.02. The fraction of sp³-hybridized carbons (Fsp3) is 0.421. The van der Waals surface area contributed by atoms with Crippen molar-refractivity contribution in [1.82, 2.24) is 24.2 Å². The van der Waals surface area contributed by atoms with E-state index in [1.165, 1.54) is 4.68 Å². The second-order valence-corrected chi connectivity index (χ2v) is 7.58. The van der Waals surface area contributed by atoms with Gasteiger partial charge in [0, 0.05) is 13.1 Å². The Morgan fingerprint density at radius 1 is 1.30 bits per heavy atom. The third kappa shape index (κ3) is 4.51. The van der Waals surface area contributed by atoms with Crippen LogP contribution in [0.1, 0.15) is 19.5 Å². The molecule has 1 aromatic carbocycles. The second kappa shape index (κ2) is 9.35. The van der Waals surface area contributed by atoms with Crippen molar-refractivity contribution in [3.8, 4) is 0 Å². The summed E-state index contributed by atoms with van der Waals surface area (Å²) in [5.74, 6) is -0.221. The predicted molar refractivity (Wildman–Crippen MR) is 117 cm³/mol. The summed E-state index contributed by atoms with van der Waals surface area (Å²) in [6.45, 7) is 9.12. The van der Waals surface area contributed by atoms with E-state index in [0.717, 1.165) is 30.7 Å². The molecule has 0 aliphatic heterocycles. The maximum Gasteiger partial charge on any atom is 0.404 e. The van der Waals surface area contributed by atoms with Crippen molar-refractivity contribution in [2.45, 2.75) is 33.9 Å². The topological polar surface area (TPSA) is 111 Å². The maximum atomic E-state index is 12.7. The number of rotatable bonds is 9. The summed E-state index contributed by atoms with van der Waals surface area (Å²) in [7, 11) is 0. The van der Waals surface area contributed by atoms with Crippen LogP contribution >= 0.6 is 15.9 Å². The van der Waals surface area contributed by atoms with Crippen molar-refractivity contribution < 1.29 is 9.72 Å². The highest BCUT2D eigenvalue weighted by molar-refractivity contribution is 9.10. The van der Waals surface area contributed by atoms with E-state index in [-0.39, 0.29) is 22.7 Å². The monoisotopic (exact) mass is 477 g/mol. The lowest BCUT2D eigenvalue weighted by Crippen LogP contribution is -2.28. The molecule has 0 aliphatic rings. The summed E-state index contributed by atoms with van der Waals surface area (Å²) in [6, 6.07) is 7.71. The molecule has 0 saturated carbocycles. The first kappa shape index (κ1) is 21.9. The van der Waals surface area contributed by atoms with Crippen LogP contribution in [0, 0.1) is 17.0 Å². The van der Waals surface area contributed by atoms with Gasteiger partial charge >= 0.3 is 5.82 Å². The van der Waals surface area contributed by atoms with Crippen LogP contribution in [-0.2, 0) is 17.9 Å². The number of nitro groups is 1. The molecule has 0 atom stereocenters. The lowest BCUT2D eigenvalue weighted by molar-refractivity contribution is -0.390. The van der Waals surface area contributed by atoms with E-state index >= 15 is 0 Å². The summed E-state index contributed by atoms with van der Waals surface area (Å²) in [5, 5.41) is 17.8. The minimum Gasteiger partial charge on any atom is -0.358 e. The van der Waals surface area contributed by atoms with E-state index in [4.69, 9.17) is 0 Å². The number of anilines is 1. The molecule has 3 rings (SSSR count). The van der Waals surface area contributed by atoms with Gasteiger partial charge in [-0.1, -0.05) is 26.0 Å². The summed E-state index contributed by atoms with van der Waals surface area (Å²) in [6.07, 6.45) is 0. The number of nitrogens with one attached hydrogen (secondary N) is 1. The number of hydrogen-bond donors (Lipinski definition) is 1. The molecule has 0 saturated heterocycles. The summed E-state index contributed by atoms with van der Waals surface area (Å²) >= 11 is 3.16. The number of likely N-dealkylation sites (N-methyl/N-ethyl adjacent to an activating group) is 1. The standard InChI is InChI=1S/C19H24BrN7O3/c1-4-24(5-2)10-11-25-15-9-7-6-8-14(15)21-19(25)22-16(28)12-26-13(3)17(20)18(23-26)27(29)30/h6-9H,4-5,10-12H2,1-3H3,(H,21,22,28). The highest BCUT2D eigenvalue weighted by atomic mass is 79.9. The number of carbonyl (C=O) groups excluding carboxylic acids is 1. The molecule has 1 N–H and O–H groups in total. The molecule has 2 aromatic heterocycles. The van der Waals surface area contributed by atoms with Gasteiger partial charge in [-0.15, -0.1) is 0 Å². The van der Waals surface area contributed by atoms with Crippen molar-refractivity contribution in [1.29, 1.82) is 0 Å². The average Bonchev–Trinajstić information content (AvgIpc) is 3.20. The Bertz CT molecular complexity index is 1070. The predicted octanol–water partition coefficient (Wildman–Crippen LogP) is 3.19. The molecular weight excluding hydrogens is 454 g/mol. The number of benzene rings is 1. The molecule has 0 unspecified atom stereocenters. The van der Waals surface area contributed by atoms with Crippen LogP contribution in [0.15, 0.2) is 28.7 Å². The maximum absolute atomic E-state index is 12.7. The molecule has 2 heterocycles. The van der Waals surface area contributed by atoms with Crippen molar-refractivity contribution >= 4 is 44.6 Å². The molecule has 0 fully saturated rings. The van der Waals surface area contributed by atoms with Crippen molar-refractivity contribution in [2.24, 2.45) is 0 Å². The lowest BCUT2D eigenvalue weighted by atomic mass is 10.3. The van der Waals surface area contributed by atoms with Crippen LogP contribution < -0.4 is 5.32 Å². The van der Waals surface area contributed by atoms with Crippen LogP contribution in [0.25, 0.3) is 11.0 Å². The van der Waals surface area contributed by atoms with Gasteiger partial charge in [0.25, 0.3) is 0 Å². The van der Waals surface area contributed by atoms with Gasteiger partial charge in [0.15, 0.2) is 0 Å². The summed E-state index contributed by atoms with van der Waals surface area (Å²) in [4.78, 5) is 30.0. The Labute approximate surface area is 182 Å². The molecular formula is C19H24BrN7O3. The van der Waals surface area contributed by atoms with Crippen LogP contribution in [0.2, 0.25) is 0 Å². The molecule has 3 aromatic rings. The number of hydrogen-bond acceptors (Lipinski definition) is 6. The molecule has 0 radical (unpaired) electrons. The number of nitrogens with zero attached hydrogens (tertiary/aromatic N) is 6. The van der Waals surface area contributed by atoms with Crippen LogP contribution in [0.3, 0.4) is 0 Å². The van der Waals surface area contributed by atoms with Crippen molar-refractivity contribution in [3.05, 3.63) is 44.5 Å². The number of fused-ring (bicyclic) bond motifs is 1. The molecule has 160 valence electrons. The van der Waals surface area contributed by atoms with E-state index in [1.54, 1.807) is 6.92 Å². The Balaban J connectivity index is 1.83. The van der Waals surface area contributed by atoms with E-state index < -0.39 is 4.92 Å². The Morgan fingerprint density at radius 3 is 2.63 bits per heavy atom. The SMILES string of the molecule is CCN(CC)CCn1c(NC(=O)Cn2nc([N+](=O)[O-])c(Br)c2C)nc2ccccc21. The fourth-order valence-corrected chi connectivity index (χ4v) is 3.69. The van der Waals surface area contributed by atoms with E-state index in [1.807, 2.05) is 28.8 Å². The smallest absolute Gasteiger partial charge is 0.358 e. The fourth-order valence-electron chi connectivity index (χ4n) is 3.26. The molecule has 1 amide bonds. The average molecular weight is 478 g/mol. The molecule has 30 heavy (non-hydrogen) atoms. The Morgan fingerprint density at radius 2 is 2.00 bits per heavy atom. The second-order valence-electron chi connectivity index (χ2n) is 6.79. The zero-order valence-corrected chi connectivity index (χ0v) is 18.7. The molecule has 10 nitrogen and oxygen atoms in total.